The minimum absolute atomic E-state index is 0.105. The number of esters is 1. The van der Waals surface area contributed by atoms with Crippen LogP contribution in [0.2, 0.25) is 0 Å². The Morgan fingerprint density at radius 3 is 2.73 bits per heavy atom. The Kier molecular flexibility index (Phi) is 6.46. The number of halogens is 1. The molecule has 26 heavy (non-hydrogen) atoms. The first-order chi connectivity index (χ1) is 12.4. The van der Waals surface area contributed by atoms with E-state index in [0.717, 1.165) is 18.4 Å². The summed E-state index contributed by atoms with van der Waals surface area (Å²) in [4.78, 5) is 55.5. The normalized spacial score (nSPS) is 19.0. The van der Waals surface area contributed by atoms with Crippen LogP contribution in [0.3, 0.4) is 0 Å². The number of nitrogens with one attached hydrogen (secondary N) is 3. The van der Waals surface area contributed by atoms with Gasteiger partial charge >= 0.3 is 5.97 Å². The van der Waals surface area contributed by atoms with E-state index in [-0.39, 0.29) is 22.4 Å². The summed E-state index contributed by atoms with van der Waals surface area (Å²) in [5.41, 5.74) is -0.132. The molecule has 140 valence electrons. The SMILES string of the molecule is CO/N=C(/C(=O)NC1C(=O)NC1C(=O)OC)c1csc(NC(=O)CCl)n1. The fraction of sp³-hybridized carbons (Fsp3) is 0.385. The van der Waals surface area contributed by atoms with Gasteiger partial charge in [0.2, 0.25) is 11.8 Å². The molecule has 2 unspecified atom stereocenters. The smallest absolute Gasteiger partial charge is 0.331 e. The van der Waals surface area contributed by atoms with Crippen LogP contribution in [0.5, 0.6) is 0 Å². The molecule has 1 saturated heterocycles. The monoisotopic (exact) mass is 403 g/mol. The molecule has 0 bridgehead atoms. The number of oxime groups is 1. The molecule has 0 aromatic carbocycles. The number of carbonyl (C=O) groups excluding carboxylic acids is 4. The predicted molar refractivity (Wildman–Crippen MR) is 90.9 cm³/mol. The van der Waals surface area contributed by atoms with E-state index < -0.39 is 35.8 Å². The highest BCUT2D eigenvalue weighted by atomic mass is 35.5. The van der Waals surface area contributed by atoms with Gasteiger partial charge in [-0.25, -0.2) is 9.78 Å². The van der Waals surface area contributed by atoms with Crippen LogP contribution < -0.4 is 16.0 Å². The molecule has 2 heterocycles. The number of aromatic nitrogens is 1. The number of anilines is 1. The van der Waals surface area contributed by atoms with E-state index in [9.17, 15) is 19.2 Å². The molecule has 0 spiro atoms. The summed E-state index contributed by atoms with van der Waals surface area (Å²) in [5, 5.41) is 12.4. The Hall–Kier alpha value is -2.73. The fourth-order valence-electron chi connectivity index (χ4n) is 1.95. The van der Waals surface area contributed by atoms with Gasteiger partial charge in [-0.2, -0.15) is 0 Å². The van der Waals surface area contributed by atoms with Crippen molar-refractivity contribution in [2.24, 2.45) is 5.16 Å². The second-order valence-electron chi connectivity index (χ2n) is 4.80. The summed E-state index contributed by atoms with van der Waals surface area (Å²) in [6.45, 7) is 0. The van der Waals surface area contributed by atoms with Crippen molar-refractivity contribution in [3.05, 3.63) is 11.1 Å². The van der Waals surface area contributed by atoms with Gasteiger partial charge < -0.3 is 25.5 Å². The number of hydrogen-bond donors (Lipinski definition) is 3. The third kappa shape index (κ3) is 4.26. The topological polar surface area (TPSA) is 148 Å². The first kappa shape index (κ1) is 19.6. The highest BCUT2D eigenvalue weighted by Crippen LogP contribution is 2.17. The van der Waals surface area contributed by atoms with Gasteiger partial charge in [0.1, 0.15) is 24.7 Å². The quantitative estimate of drug-likeness (QED) is 0.171. The highest BCUT2D eigenvalue weighted by molar-refractivity contribution is 7.14. The number of nitrogens with zero attached hydrogens (tertiary/aromatic N) is 2. The molecule has 1 aromatic heterocycles. The average Bonchev–Trinajstić information content (AvgIpc) is 3.08. The third-order valence-corrected chi connectivity index (χ3v) is 4.17. The molecule has 13 heteroatoms. The van der Waals surface area contributed by atoms with Gasteiger partial charge in [-0.15, -0.1) is 22.9 Å². The Morgan fingerprint density at radius 1 is 1.42 bits per heavy atom. The van der Waals surface area contributed by atoms with Gasteiger partial charge in [0.25, 0.3) is 5.91 Å². The summed E-state index contributed by atoms with van der Waals surface area (Å²) < 4.78 is 4.54. The van der Waals surface area contributed by atoms with E-state index in [1.807, 2.05) is 0 Å². The fourth-order valence-corrected chi connectivity index (χ4v) is 2.73. The van der Waals surface area contributed by atoms with E-state index in [1.165, 1.54) is 12.5 Å². The van der Waals surface area contributed by atoms with Crippen LogP contribution in [0.1, 0.15) is 5.69 Å². The van der Waals surface area contributed by atoms with Gasteiger partial charge in [-0.1, -0.05) is 5.16 Å². The van der Waals surface area contributed by atoms with E-state index in [2.05, 4.69) is 35.7 Å². The number of amides is 3. The van der Waals surface area contributed by atoms with E-state index in [0.29, 0.717) is 0 Å². The Bertz CT molecular complexity index is 766. The van der Waals surface area contributed by atoms with Crippen LogP contribution in [0.25, 0.3) is 0 Å². The number of carbonyl (C=O) groups is 4. The Morgan fingerprint density at radius 2 is 2.15 bits per heavy atom. The number of hydrogen-bond acceptors (Lipinski definition) is 9. The molecule has 1 fully saturated rings. The number of β-lactam (4-membered cyclic amide) rings is 1. The summed E-state index contributed by atoms with van der Waals surface area (Å²) in [5.74, 6) is -2.74. The van der Waals surface area contributed by atoms with E-state index in [1.54, 1.807) is 0 Å². The molecular formula is C13H14ClN5O6S. The zero-order valence-electron chi connectivity index (χ0n) is 13.6. The van der Waals surface area contributed by atoms with Crippen molar-refractivity contribution in [1.29, 1.82) is 0 Å². The predicted octanol–water partition coefficient (Wildman–Crippen LogP) is -1.17. The van der Waals surface area contributed by atoms with Crippen molar-refractivity contribution in [2.45, 2.75) is 12.1 Å². The van der Waals surface area contributed by atoms with Crippen LogP contribution in [0.4, 0.5) is 5.13 Å². The van der Waals surface area contributed by atoms with Crippen molar-refractivity contribution in [2.75, 3.05) is 25.4 Å². The van der Waals surface area contributed by atoms with Crippen molar-refractivity contribution >= 4 is 57.5 Å². The number of ether oxygens (including phenoxy) is 1. The molecule has 2 atom stereocenters. The molecule has 1 aliphatic rings. The number of alkyl halides is 1. The molecule has 2 rings (SSSR count). The highest BCUT2D eigenvalue weighted by Gasteiger charge is 2.46. The van der Waals surface area contributed by atoms with E-state index >= 15 is 0 Å². The van der Waals surface area contributed by atoms with Gasteiger partial charge in [-0.3, -0.25) is 14.4 Å². The van der Waals surface area contributed by atoms with E-state index in [4.69, 9.17) is 11.6 Å². The molecule has 3 amide bonds. The number of thiazole rings is 1. The first-order valence-electron chi connectivity index (χ1n) is 7.03. The Balaban J connectivity index is 2.13. The molecule has 3 N–H and O–H groups in total. The van der Waals surface area contributed by atoms with Gasteiger partial charge in [-0.05, 0) is 0 Å². The zero-order chi connectivity index (χ0) is 19.3. The third-order valence-electron chi connectivity index (χ3n) is 3.17. The molecule has 0 saturated carbocycles. The standard InChI is InChI=1S/C13H14ClN5O6S/c1-24-12(23)9-8(11(22)18-9)17-10(21)7(19-25-2)5-4-26-13(15-5)16-6(20)3-14/h4,8-9H,3H2,1-2H3,(H,17,21)(H,18,22)(H,15,16,20)/b19-7+. The largest absolute Gasteiger partial charge is 0.467 e. The van der Waals surface area contributed by atoms with Gasteiger partial charge in [0, 0.05) is 5.38 Å². The molecule has 1 aromatic rings. The maximum absolute atomic E-state index is 12.4. The zero-order valence-corrected chi connectivity index (χ0v) is 15.1. The van der Waals surface area contributed by atoms with Gasteiger partial charge in [0.05, 0.1) is 7.11 Å². The van der Waals surface area contributed by atoms with Gasteiger partial charge in [0.15, 0.2) is 16.9 Å². The van der Waals surface area contributed by atoms with Crippen LogP contribution >= 0.6 is 22.9 Å². The lowest BCUT2D eigenvalue weighted by Gasteiger charge is -2.34. The molecular weight excluding hydrogens is 390 g/mol. The summed E-state index contributed by atoms with van der Waals surface area (Å²) in [7, 11) is 2.39. The van der Waals surface area contributed by atoms with Crippen molar-refractivity contribution in [3.8, 4) is 0 Å². The summed E-state index contributed by atoms with van der Waals surface area (Å²) in [6, 6.07) is -2.10. The lowest BCUT2D eigenvalue weighted by molar-refractivity contribution is -0.153. The molecule has 0 aliphatic carbocycles. The summed E-state index contributed by atoms with van der Waals surface area (Å²) in [6.07, 6.45) is 0. The van der Waals surface area contributed by atoms with Crippen molar-refractivity contribution < 1.29 is 28.8 Å². The molecule has 11 nitrogen and oxygen atoms in total. The van der Waals surface area contributed by atoms with Crippen LogP contribution in [0.15, 0.2) is 10.5 Å². The lowest BCUT2D eigenvalue weighted by atomic mass is 9.99. The average molecular weight is 404 g/mol. The van der Waals surface area contributed by atoms with Crippen LogP contribution in [-0.4, -0.2) is 66.6 Å². The number of rotatable bonds is 7. The molecule has 0 radical (unpaired) electrons. The first-order valence-corrected chi connectivity index (χ1v) is 8.44. The maximum Gasteiger partial charge on any atom is 0.331 e. The number of methoxy groups -OCH3 is 1. The maximum atomic E-state index is 12.4. The van der Waals surface area contributed by atoms with Crippen LogP contribution in [-0.2, 0) is 28.8 Å². The minimum Gasteiger partial charge on any atom is -0.467 e. The molecule has 1 aliphatic heterocycles. The van der Waals surface area contributed by atoms with Crippen LogP contribution in [0, 0.1) is 0 Å². The second-order valence-corrected chi connectivity index (χ2v) is 5.93. The lowest BCUT2D eigenvalue weighted by Crippen LogP contribution is -2.72. The summed E-state index contributed by atoms with van der Waals surface area (Å²) >= 11 is 6.44. The van der Waals surface area contributed by atoms with Crippen molar-refractivity contribution in [1.82, 2.24) is 15.6 Å². The second kappa shape index (κ2) is 8.58. The minimum atomic E-state index is -1.11. The Labute approximate surface area is 156 Å². The van der Waals surface area contributed by atoms with Crippen molar-refractivity contribution in [3.63, 3.8) is 0 Å².